The number of aryl methyl sites for hydroxylation is 1. The average molecular weight is 208 g/mol. The van der Waals surface area contributed by atoms with Crippen LogP contribution in [0.3, 0.4) is 0 Å². The van der Waals surface area contributed by atoms with E-state index in [2.05, 4.69) is 29.2 Å². The van der Waals surface area contributed by atoms with Crippen molar-refractivity contribution < 1.29 is 0 Å². The van der Waals surface area contributed by atoms with Crippen molar-refractivity contribution in [1.29, 1.82) is 0 Å². The lowest BCUT2D eigenvalue weighted by atomic mass is 9.92. The molecule has 2 rings (SSSR count). The van der Waals surface area contributed by atoms with Gasteiger partial charge in [0.2, 0.25) is 0 Å². The van der Waals surface area contributed by atoms with Gasteiger partial charge in [-0.2, -0.15) is 5.10 Å². The maximum atomic E-state index is 4.32. The number of rotatable bonds is 3. The average Bonchev–Trinajstić information content (AvgIpc) is 2.69. The molecule has 84 valence electrons. The highest BCUT2D eigenvalue weighted by molar-refractivity contribution is 4.89. The second-order valence-electron chi connectivity index (χ2n) is 4.45. The first-order valence-corrected chi connectivity index (χ1v) is 5.89. The summed E-state index contributed by atoms with van der Waals surface area (Å²) in [5.41, 5.74) is 0. The minimum Gasteiger partial charge on any atom is -0.314 e. The normalized spacial score (nSPS) is 26.8. The van der Waals surface area contributed by atoms with E-state index in [-0.39, 0.29) is 0 Å². The van der Waals surface area contributed by atoms with Gasteiger partial charge in [-0.1, -0.05) is 0 Å². The van der Waals surface area contributed by atoms with Crippen LogP contribution in [0.4, 0.5) is 0 Å². The second kappa shape index (κ2) is 4.75. The zero-order valence-electron chi connectivity index (χ0n) is 9.61. The van der Waals surface area contributed by atoms with E-state index in [1.54, 1.807) is 6.33 Å². The molecule has 0 saturated carbocycles. The van der Waals surface area contributed by atoms with E-state index in [0.717, 1.165) is 31.3 Å². The van der Waals surface area contributed by atoms with Gasteiger partial charge in [-0.25, -0.2) is 4.98 Å². The highest BCUT2D eigenvalue weighted by Gasteiger charge is 2.19. The number of piperidine rings is 1. The van der Waals surface area contributed by atoms with Crippen LogP contribution in [-0.4, -0.2) is 27.4 Å². The van der Waals surface area contributed by atoms with E-state index >= 15 is 0 Å². The van der Waals surface area contributed by atoms with Crippen molar-refractivity contribution in [3.05, 3.63) is 12.2 Å². The van der Waals surface area contributed by atoms with Gasteiger partial charge >= 0.3 is 0 Å². The minimum absolute atomic E-state index is 0.685. The summed E-state index contributed by atoms with van der Waals surface area (Å²) in [6, 6.07) is 0.685. The third-order valence-corrected chi connectivity index (χ3v) is 3.23. The Morgan fingerprint density at radius 1 is 1.53 bits per heavy atom. The smallest absolute Gasteiger partial charge is 0.138 e. The Morgan fingerprint density at radius 3 is 3.07 bits per heavy atom. The van der Waals surface area contributed by atoms with Gasteiger partial charge in [0.25, 0.3) is 0 Å². The van der Waals surface area contributed by atoms with E-state index in [4.69, 9.17) is 0 Å². The lowest BCUT2D eigenvalue weighted by Crippen LogP contribution is -2.37. The Bertz CT molecular complexity index is 299. The predicted octanol–water partition coefficient (Wildman–Crippen LogP) is 1.23. The van der Waals surface area contributed by atoms with Gasteiger partial charge in [-0.05, 0) is 39.2 Å². The van der Waals surface area contributed by atoms with Crippen LogP contribution in [0.5, 0.6) is 0 Å². The number of hydrogen-bond acceptors (Lipinski definition) is 3. The van der Waals surface area contributed by atoms with Gasteiger partial charge < -0.3 is 5.32 Å². The molecule has 1 saturated heterocycles. The lowest BCUT2D eigenvalue weighted by molar-refractivity contribution is 0.315. The molecule has 2 atom stereocenters. The van der Waals surface area contributed by atoms with E-state index in [1.165, 1.54) is 12.8 Å². The molecule has 1 aromatic rings. The molecule has 2 unspecified atom stereocenters. The molecule has 0 aliphatic carbocycles. The van der Waals surface area contributed by atoms with E-state index in [0.29, 0.717) is 6.04 Å². The number of nitrogens with one attached hydrogen (secondary N) is 1. The Kier molecular flexibility index (Phi) is 3.36. The molecule has 0 amide bonds. The van der Waals surface area contributed by atoms with Crippen molar-refractivity contribution in [2.45, 2.75) is 45.7 Å². The quantitative estimate of drug-likeness (QED) is 0.812. The third kappa shape index (κ3) is 2.56. The van der Waals surface area contributed by atoms with Crippen LogP contribution in [-0.2, 0) is 13.0 Å². The standard InChI is InChI=1S/C11H20N4/c1-3-15-11(13-8-14-15)6-10-5-4-9(2)12-7-10/h8-10,12H,3-7H2,1-2H3. The summed E-state index contributed by atoms with van der Waals surface area (Å²) < 4.78 is 2.00. The van der Waals surface area contributed by atoms with Gasteiger partial charge in [0.1, 0.15) is 12.2 Å². The second-order valence-corrected chi connectivity index (χ2v) is 4.45. The number of aromatic nitrogens is 3. The first-order valence-electron chi connectivity index (χ1n) is 5.89. The van der Waals surface area contributed by atoms with Crippen molar-refractivity contribution in [2.75, 3.05) is 6.54 Å². The summed E-state index contributed by atoms with van der Waals surface area (Å²) >= 11 is 0. The summed E-state index contributed by atoms with van der Waals surface area (Å²) in [4.78, 5) is 4.32. The Hall–Kier alpha value is -0.900. The summed E-state index contributed by atoms with van der Waals surface area (Å²) in [6.45, 7) is 6.41. The molecule has 0 radical (unpaired) electrons. The molecule has 4 heteroatoms. The molecule has 1 aromatic heterocycles. The SMILES string of the molecule is CCn1ncnc1CC1CCC(C)NC1. The molecule has 4 nitrogen and oxygen atoms in total. The van der Waals surface area contributed by atoms with E-state index < -0.39 is 0 Å². The van der Waals surface area contributed by atoms with Crippen LogP contribution in [0.2, 0.25) is 0 Å². The molecule has 1 aliphatic heterocycles. The fourth-order valence-electron chi connectivity index (χ4n) is 2.20. The van der Waals surface area contributed by atoms with Gasteiger partial charge in [-0.15, -0.1) is 0 Å². The van der Waals surface area contributed by atoms with Gasteiger partial charge in [-0.3, -0.25) is 4.68 Å². The number of nitrogens with zero attached hydrogens (tertiary/aromatic N) is 3. The number of hydrogen-bond donors (Lipinski definition) is 1. The Morgan fingerprint density at radius 2 is 2.40 bits per heavy atom. The zero-order chi connectivity index (χ0) is 10.7. The van der Waals surface area contributed by atoms with Crippen LogP contribution < -0.4 is 5.32 Å². The molecular weight excluding hydrogens is 188 g/mol. The fraction of sp³-hybridized carbons (Fsp3) is 0.818. The summed E-state index contributed by atoms with van der Waals surface area (Å²) in [7, 11) is 0. The van der Waals surface area contributed by atoms with Crippen molar-refractivity contribution in [2.24, 2.45) is 5.92 Å². The molecule has 0 spiro atoms. The van der Waals surface area contributed by atoms with Gasteiger partial charge in [0, 0.05) is 19.0 Å². The van der Waals surface area contributed by atoms with Crippen molar-refractivity contribution in [1.82, 2.24) is 20.1 Å². The Labute approximate surface area is 91.1 Å². The van der Waals surface area contributed by atoms with Crippen LogP contribution in [0.25, 0.3) is 0 Å². The van der Waals surface area contributed by atoms with E-state index in [1.807, 2.05) is 4.68 Å². The van der Waals surface area contributed by atoms with Crippen molar-refractivity contribution >= 4 is 0 Å². The van der Waals surface area contributed by atoms with Crippen LogP contribution >= 0.6 is 0 Å². The van der Waals surface area contributed by atoms with Gasteiger partial charge in [0.15, 0.2) is 0 Å². The summed E-state index contributed by atoms with van der Waals surface area (Å²) in [5.74, 6) is 1.87. The summed E-state index contributed by atoms with van der Waals surface area (Å²) in [6.07, 6.45) is 5.32. The molecule has 0 aromatic carbocycles. The summed E-state index contributed by atoms with van der Waals surface area (Å²) in [5, 5.41) is 7.72. The largest absolute Gasteiger partial charge is 0.314 e. The van der Waals surface area contributed by atoms with Crippen LogP contribution in [0, 0.1) is 5.92 Å². The van der Waals surface area contributed by atoms with Gasteiger partial charge in [0.05, 0.1) is 0 Å². The predicted molar refractivity (Wildman–Crippen MR) is 59.6 cm³/mol. The lowest BCUT2D eigenvalue weighted by Gasteiger charge is -2.27. The maximum absolute atomic E-state index is 4.32. The molecule has 1 N–H and O–H groups in total. The van der Waals surface area contributed by atoms with Crippen LogP contribution in [0.1, 0.15) is 32.5 Å². The third-order valence-electron chi connectivity index (χ3n) is 3.23. The fourth-order valence-corrected chi connectivity index (χ4v) is 2.20. The maximum Gasteiger partial charge on any atom is 0.138 e. The van der Waals surface area contributed by atoms with Crippen LogP contribution in [0.15, 0.2) is 6.33 Å². The highest BCUT2D eigenvalue weighted by Crippen LogP contribution is 2.17. The topological polar surface area (TPSA) is 42.7 Å². The molecule has 15 heavy (non-hydrogen) atoms. The molecule has 1 fully saturated rings. The van der Waals surface area contributed by atoms with Crippen molar-refractivity contribution in [3.8, 4) is 0 Å². The Balaban J connectivity index is 1.91. The first kappa shape index (κ1) is 10.6. The molecule has 0 bridgehead atoms. The highest BCUT2D eigenvalue weighted by atomic mass is 15.3. The zero-order valence-corrected chi connectivity index (χ0v) is 9.61. The monoisotopic (exact) mass is 208 g/mol. The molecule has 2 heterocycles. The van der Waals surface area contributed by atoms with E-state index in [9.17, 15) is 0 Å². The first-order chi connectivity index (χ1) is 7.29. The molecule has 1 aliphatic rings. The van der Waals surface area contributed by atoms with Crippen molar-refractivity contribution in [3.63, 3.8) is 0 Å². The minimum atomic E-state index is 0.685. The molecular formula is C11H20N4.